The fourth-order valence-electron chi connectivity index (χ4n) is 2.35. The summed E-state index contributed by atoms with van der Waals surface area (Å²) < 4.78 is 0. The molecule has 0 radical (unpaired) electrons. The quantitative estimate of drug-likeness (QED) is 0.863. The minimum Gasteiger partial charge on any atom is -0.341 e. The Morgan fingerprint density at radius 2 is 1.94 bits per heavy atom. The van der Waals surface area contributed by atoms with Gasteiger partial charge in [-0.1, -0.05) is 13.3 Å². The summed E-state index contributed by atoms with van der Waals surface area (Å²) in [6.45, 7) is 5.31. The molecule has 1 aromatic rings. The molecule has 0 bridgehead atoms. The molecule has 1 aliphatic heterocycles. The van der Waals surface area contributed by atoms with E-state index in [1.165, 1.54) is 19.3 Å². The molecule has 2 heterocycles. The smallest absolute Gasteiger partial charge is 0.225 e. The molecule has 0 spiro atoms. The Morgan fingerprint density at radius 3 is 2.47 bits per heavy atom. The van der Waals surface area contributed by atoms with Gasteiger partial charge in [-0.05, 0) is 25.8 Å². The Balaban J connectivity index is 1.94. The summed E-state index contributed by atoms with van der Waals surface area (Å²) in [6, 6.07) is 0. The largest absolute Gasteiger partial charge is 0.341 e. The van der Waals surface area contributed by atoms with Gasteiger partial charge >= 0.3 is 0 Å². The Bertz CT molecular complexity index is 328. The summed E-state index contributed by atoms with van der Waals surface area (Å²) >= 11 is 0. The van der Waals surface area contributed by atoms with Gasteiger partial charge in [-0.15, -0.1) is 0 Å². The lowest BCUT2D eigenvalue weighted by molar-refractivity contribution is 0.392. The van der Waals surface area contributed by atoms with Crippen LogP contribution < -0.4 is 10.2 Å². The molecule has 0 saturated carbocycles. The van der Waals surface area contributed by atoms with Gasteiger partial charge in [0.05, 0.1) is 0 Å². The van der Waals surface area contributed by atoms with Crippen molar-refractivity contribution >= 4 is 5.95 Å². The molecule has 0 aliphatic carbocycles. The molecule has 17 heavy (non-hydrogen) atoms. The van der Waals surface area contributed by atoms with E-state index >= 15 is 0 Å². The molecule has 2 rings (SSSR count). The van der Waals surface area contributed by atoms with Gasteiger partial charge in [0.1, 0.15) is 0 Å². The van der Waals surface area contributed by atoms with Crippen molar-refractivity contribution in [3.8, 4) is 0 Å². The Kier molecular flexibility index (Phi) is 4.31. The monoisotopic (exact) mass is 234 g/mol. The van der Waals surface area contributed by atoms with E-state index in [2.05, 4.69) is 27.1 Å². The summed E-state index contributed by atoms with van der Waals surface area (Å²) in [6.07, 6.45) is 7.70. The van der Waals surface area contributed by atoms with Crippen molar-refractivity contribution in [3.05, 3.63) is 18.0 Å². The second-order valence-electron chi connectivity index (χ2n) is 4.76. The lowest BCUT2D eigenvalue weighted by Gasteiger charge is -2.31. The van der Waals surface area contributed by atoms with Gasteiger partial charge in [0.2, 0.25) is 5.95 Å². The third-order valence-corrected chi connectivity index (χ3v) is 3.55. The van der Waals surface area contributed by atoms with Crippen LogP contribution >= 0.6 is 0 Å². The number of hydrogen-bond acceptors (Lipinski definition) is 4. The first kappa shape index (κ1) is 12.3. The predicted octanol–water partition coefficient (Wildman–Crippen LogP) is 1.82. The molecule has 1 saturated heterocycles. The number of aromatic nitrogens is 2. The maximum Gasteiger partial charge on any atom is 0.225 e. The van der Waals surface area contributed by atoms with Crippen molar-refractivity contribution in [2.24, 2.45) is 5.92 Å². The van der Waals surface area contributed by atoms with Crippen molar-refractivity contribution < 1.29 is 0 Å². The molecule has 94 valence electrons. The first-order valence-corrected chi connectivity index (χ1v) is 6.54. The summed E-state index contributed by atoms with van der Waals surface area (Å²) in [4.78, 5) is 11.2. The van der Waals surface area contributed by atoms with E-state index in [-0.39, 0.29) is 0 Å². The van der Waals surface area contributed by atoms with Crippen LogP contribution in [0.2, 0.25) is 0 Å². The van der Waals surface area contributed by atoms with Crippen LogP contribution in [0, 0.1) is 5.92 Å². The minimum atomic E-state index is 0.832. The third-order valence-electron chi connectivity index (χ3n) is 3.55. The van der Waals surface area contributed by atoms with Gasteiger partial charge in [-0.25, -0.2) is 9.97 Å². The highest BCUT2D eigenvalue weighted by atomic mass is 15.2. The highest BCUT2D eigenvalue weighted by Gasteiger charge is 2.19. The lowest BCUT2D eigenvalue weighted by atomic mass is 9.95. The number of anilines is 1. The number of nitrogens with one attached hydrogen (secondary N) is 1. The summed E-state index contributed by atoms with van der Waals surface area (Å²) in [5.74, 6) is 1.79. The van der Waals surface area contributed by atoms with Crippen molar-refractivity contribution in [2.45, 2.75) is 32.7 Å². The molecule has 4 heteroatoms. The molecule has 1 N–H and O–H groups in total. The van der Waals surface area contributed by atoms with E-state index in [4.69, 9.17) is 0 Å². The molecule has 4 nitrogen and oxygen atoms in total. The third kappa shape index (κ3) is 3.16. The van der Waals surface area contributed by atoms with Crippen molar-refractivity contribution in [1.82, 2.24) is 15.3 Å². The van der Waals surface area contributed by atoms with E-state index in [1.807, 2.05) is 19.4 Å². The zero-order chi connectivity index (χ0) is 12.1. The van der Waals surface area contributed by atoms with E-state index in [0.29, 0.717) is 0 Å². The summed E-state index contributed by atoms with van der Waals surface area (Å²) in [5.41, 5.74) is 1.14. The van der Waals surface area contributed by atoms with Gasteiger partial charge < -0.3 is 10.2 Å². The average molecular weight is 234 g/mol. The first-order valence-electron chi connectivity index (χ1n) is 6.54. The maximum atomic E-state index is 4.45. The Morgan fingerprint density at radius 1 is 1.29 bits per heavy atom. The maximum absolute atomic E-state index is 4.45. The second kappa shape index (κ2) is 5.96. The lowest BCUT2D eigenvalue weighted by Crippen LogP contribution is -2.34. The SMILES string of the molecule is CCC1CCN(c2ncc(CNC)cn2)CC1. The number of rotatable bonds is 4. The highest BCUT2D eigenvalue weighted by Crippen LogP contribution is 2.22. The second-order valence-corrected chi connectivity index (χ2v) is 4.76. The van der Waals surface area contributed by atoms with E-state index in [1.54, 1.807) is 0 Å². The molecule has 0 atom stereocenters. The van der Waals surface area contributed by atoms with Crippen molar-refractivity contribution in [3.63, 3.8) is 0 Å². The normalized spacial score (nSPS) is 17.4. The molecule has 0 amide bonds. The van der Waals surface area contributed by atoms with Crippen LogP contribution in [0.25, 0.3) is 0 Å². The Labute approximate surface area is 103 Å². The van der Waals surface area contributed by atoms with Crippen LogP contribution in [-0.2, 0) is 6.54 Å². The summed E-state index contributed by atoms with van der Waals surface area (Å²) in [7, 11) is 1.93. The zero-order valence-corrected chi connectivity index (χ0v) is 10.8. The van der Waals surface area contributed by atoms with Gasteiger partial charge in [-0.3, -0.25) is 0 Å². The summed E-state index contributed by atoms with van der Waals surface area (Å²) in [5, 5.41) is 3.10. The molecular weight excluding hydrogens is 212 g/mol. The van der Waals surface area contributed by atoms with Gasteiger partial charge in [0, 0.05) is 37.6 Å². The minimum absolute atomic E-state index is 0.832. The van der Waals surface area contributed by atoms with E-state index in [0.717, 1.165) is 37.1 Å². The molecular formula is C13H22N4. The van der Waals surface area contributed by atoms with Gasteiger partial charge in [0.15, 0.2) is 0 Å². The molecule has 1 fully saturated rings. The van der Waals surface area contributed by atoms with Crippen molar-refractivity contribution in [1.29, 1.82) is 0 Å². The first-order chi connectivity index (χ1) is 8.33. The van der Waals surface area contributed by atoms with E-state index < -0.39 is 0 Å². The van der Waals surface area contributed by atoms with Crippen LogP contribution in [0.5, 0.6) is 0 Å². The van der Waals surface area contributed by atoms with Crippen LogP contribution in [0.15, 0.2) is 12.4 Å². The topological polar surface area (TPSA) is 41.1 Å². The van der Waals surface area contributed by atoms with Gasteiger partial charge in [0.25, 0.3) is 0 Å². The van der Waals surface area contributed by atoms with Crippen LogP contribution in [0.4, 0.5) is 5.95 Å². The Hall–Kier alpha value is -1.16. The van der Waals surface area contributed by atoms with Crippen LogP contribution in [-0.4, -0.2) is 30.1 Å². The van der Waals surface area contributed by atoms with Gasteiger partial charge in [-0.2, -0.15) is 0 Å². The molecule has 1 aliphatic rings. The molecule has 0 unspecified atom stereocenters. The highest BCUT2D eigenvalue weighted by molar-refractivity contribution is 5.30. The molecule has 1 aromatic heterocycles. The predicted molar refractivity (Wildman–Crippen MR) is 70.0 cm³/mol. The fourth-order valence-corrected chi connectivity index (χ4v) is 2.35. The zero-order valence-electron chi connectivity index (χ0n) is 10.8. The standard InChI is InChI=1S/C13H22N4/c1-3-11-4-6-17(7-5-11)13-15-9-12(8-14-2)10-16-13/h9-11,14H,3-8H2,1-2H3. The average Bonchev–Trinajstić information content (AvgIpc) is 2.40. The number of hydrogen-bond donors (Lipinski definition) is 1. The van der Waals surface area contributed by atoms with Crippen LogP contribution in [0.1, 0.15) is 31.7 Å². The number of nitrogens with zero attached hydrogens (tertiary/aromatic N) is 3. The van der Waals surface area contributed by atoms with E-state index in [9.17, 15) is 0 Å². The fraction of sp³-hybridized carbons (Fsp3) is 0.692. The number of piperidine rings is 1. The van der Waals surface area contributed by atoms with Crippen LogP contribution in [0.3, 0.4) is 0 Å². The molecule has 0 aromatic carbocycles. The van der Waals surface area contributed by atoms with Crippen molar-refractivity contribution in [2.75, 3.05) is 25.0 Å².